The van der Waals surface area contributed by atoms with E-state index in [0.29, 0.717) is 30.5 Å². The van der Waals surface area contributed by atoms with Crippen molar-refractivity contribution >= 4 is 5.91 Å². The summed E-state index contributed by atoms with van der Waals surface area (Å²) in [6.45, 7) is 9.29. The van der Waals surface area contributed by atoms with E-state index in [0.717, 1.165) is 29.8 Å². The number of aromatic nitrogens is 2. The third-order valence-electron chi connectivity index (χ3n) is 7.23. The normalized spacial score (nSPS) is 18.0. The van der Waals surface area contributed by atoms with E-state index in [4.69, 9.17) is 10.8 Å². The molecule has 2 unspecified atom stereocenters. The number of aryl methyl sites for hydroxylation is 4. The van der Waals surface area contributed by atoms with Crippen molar-refractivity contribution in [3.63, 3.8) is 0 Å². The van der Waals surface area contributed by atoms with E-state index in [1.807, 2.05) is 56.3 Å². The summed E-state index contributed by atoms with van der Waals surface area (Å²) in [5, 5.41) is 4.78. The van der Waals surface area contributed by atoms with Crippen LogP contribution in [0.1, 0.15) is 60.0 Å². The lowest BCUT2D eigenvalue weighted by atomic mass is 9.82. The predicted molar refractivity (Wildman–Crippen MR) is 128 cm³/mol. The van der Waals surface area contributed by atoms with Crippen LogP contribution >= 0.6 is 0 Å². The number of carbonyl (C=O) groups excluding carboxylic acids is 1. The average Bonchev–Trinajstić information content (AvgIpc) is 3.15. The Morgan fingerprint density at radius 3 is 2.58 bits per heavy atom. The molecule has 0 fully saturated rings. The van der Waals surface area contributed by atoms with E-state index in [9.17, 15) is 9.18 Å². The Bertz CT molecular complexity index is 1160. The molecule has 3 aromatic rings. The number of primary amides is 1. The van der Waals surface area contributed by atoms with Gasteiger partial charge in [-0.2, -0.15) is 5.10 Å². The van der Waals surface area contributed by atoms with Crippen molar-refractivity contribution in [2.45, 2.75) is 65.1 Å². The minimum Gasteiger partial charge on any atom is -0.368 e. The number of nitrogens with two attached hydrogens (primary N) is 1. The van der Waals surface area contributed by atoms with Gasteiger partial charge in [0.05, 0.1) is 5.69 Å². The summed E-state index contributed by atoms with van der Waals surface area (Å²) in [5.41, 5.74) is 10.6. The molecule has 2 heterocycles. The number of hydrogen-bond acceptors (Lipinski definition) is 3. The van der Waals surface area contributed by atoms with Crippen LogP contribution in [0.3, 0.4) is 0 Å². The number of fused-ring (bicyclic) bond motifs is 1. The zero-order valence-corrected chi connectivity index (χ0v) is 19.9. The Labute approximate surface area is 195 Å². The molecule has 0 spiro atoms. The van der Waals surface area contributed by atoms with Gasteiger partial charge >= 0.3 is 0 Å². The van der Waals surface area contributed by atoms with Gasteiger partial charge in [0, 0.05) is 36.8 Å². The second-order valence-electron chi connectivity index (χ2n) is 9.11. The molecule has 5 nitrogen and oxygen atoms in total. The van der Waals surface area contributed by atoms with Gasteiger partial charge in [-0.05, 0) is 57.2 Å². The molecule has 6 heteroatoms. The highest BCUT2D eigenvalue weighted by atomic mass is 19.1. The molecule has 0 saturated carbocycles. The van der Waals surface area contributed by atoms with Crippen LogP contribution in [0, 0.1) is 19.7 Å². The molecule has 1 aliphatic heterocycles. The molecule has 174 valence electrons. The SMILES string of the molecule is CCn1nc(C)c2c1CCN(C(C)(C(N)=O)c1ccccc1)C2CCc1cccc(C)c1F. The smallest absolute Gasteiger partial charge is 0.242 e. The Balaban J connectivity index is 1.80. The third-order valence-corrected chi connectivity index (χ3v) is 7.23. The summed E-state index contributed by atoms with van der Waals surface area (Å²) >= 11 is 0. The Morgan fingerprint density at radius 2 is 1.91 bits per heavy atom. The minimum atomic E-state index is -0.991. The fourth-order valence-corrected chi connectivity index (χ4v) is 5.38. The first kappa shape index (κ1) is 23.2. The first-order valence-corrected chi connectivity index (χ1v) is 11.7. The van der Waals surface area contributed by atoms with Crippen LogP contribution in [0.5, 0.6) is 0 Å². The molecular formula is C27H33FN4O. The monoisotopic (exact) mass is 448 g/mol. The van der Waals surface area contributed by atoms with Gasteiger partial charge in [0.2, 0.25) is 5.91 Å². The van der Waals surface area contributed by atoms with E-state index >= 15 is 0 Å². The molecule has 0 aliphatic carbocycles. The van der Waals surface area contributed by atoms with Crippen LogP contribution in [0.2, 0.25) is 0 Å². The molecule has 4 rings (SSSR count). The maximum absolute atomic E-state index is 14.8. The number of amides is 1. The summed E-state index contributed by atoms with van der Waals surface area (Å²) < 4.78 is 16.9. The van der Waals surface area contributed by atoms with Crippen LogP contribution in [0.25, 0.3) is 0 Å². The van der Waals surface area contributed by atoms with Gasteiger partial charge < -0.3 is 5.73 Å². The molecule has 1 aromatic heterocycles. The number of carbonyl (C=O) groups is 1. The molecule has 2 aromatic carbocycles. The van der Waals surface area contributed by atoms with Gasteiger partial charge in [-0.3, -0.25) is 14.4 Å². The number of benzene rings is 2. The minimum absolute atomic E-state index is 0.105. The average molecular weight is 449 g/mol. The van der Waals surface area contributed by atoms with Crippen LogP contribution in [-0.4, -0.2) is 27.1 Å². The zero-order chi connectivity index (χ0) is 23.8. The van der Waals surface area contributed by atoms with Crippen molar-refractivity contribution in [1.29, 1.82) is 0 Å². The molecule has 1 amide bonds. The van der Waals surface area contributed by atoms with Gasteiger partial charge in [0.15, 0.2) is 0 Å². The first-order valence-electron chi connectivity index (χ1n) is 11.7. The van der Waals surface area contributed by atoms with Crippen molar-refractivity contribution < 1.29 is 9.18 Å². The molecule has 2 N–H and O–H groups in total. The van der Waals surface area contributed by atoms with Crippen molar-refractivity contribution in [2.24, 2.45) is 5.73 Å². The highest BCUT2D eigenvalue weighted by molar-refractivity contribution is 5.86. The summed E-state index contributed by atoms with van der Waals surface area (Å²) in [6, 6.07) is 15.2. The maximum Gasteiger partial charge on any atom is 0.242 e. The molecule has 0 radical (unpaired) electrons. The summed E-state index contributed by atoms with van der Waals surface area (Å²) in [7, 11) is 0. The molecular weight excluding hydrogens is 415 g/mol. The highest BCUT2D eigenvalue weighted by Gasteiger charge is 2.46. The predicted octanol–water partition coefficient (Wildman–Crippen LogP) is 4.59. The van der Waals surface area contributed by atoms with Crippen LogP contribution in [0.4, 0.5) is 4.39 Å². The van der Waals surface area contributed by atoms with Gasteiger partial charge in [0.25, 0.3) is 0 Å². The van der Waals surface area contributed by atoms with Crippen molar-refractivity contribution in [1.82, 2.24) is 14.7 Å². The van der Waals surface area contributed by atoms with E-state index in [1.54, 1.807) is 13.0 Å². The third kappa shape index (κ3) is 3.97. The second kappa shape index (κ2) is 9.10. The van der Waals surface area contributed by atoms with Crippen LogP contribution in [-0.2, 0) is 29.7 Å². The highest BCUT2D eigenvalue weighted by Crippen LogP contribution is 2.43. The van der Waals surface area contributed by atoms with Gasteiger partial charge in [-0.25, -0.2) is 4.39 Å². The summed E-state index contributed by atoms with van der Waals surface area (Å²) in [4.78, 5) is 15.2. The number of hydrogen-bond donors (Lipinski definition) is 1. The molecule has 1 aliphatic rings. The lowest BCUT2D eigenvalue weighted by molar-refractivity contribution is -0.132. The molecule has 0 bridgehead atoms. The van der Waals surface area contributed by atoms with Crippen molar-refractivity contribution in [3.8, 4) is 0 Å². The Hall–Kier alpha value is -2.99. The summed E-state index contributed by atoms with van der Waals surface area (Å²) in [6.07, 6.45) is 2.02. The van der Waals surface area contributed by atoms with E-state index < -0.39 is 5.54 Å². The van der Waals surface area contributed by atoms with Crippen molar-refractivity contribution in [3.05, 3.63) is 88.0 Å². The number of halogens is 1. The van der Waals surface area contributed by atoms with Crippen LogP contribution < -0.4 is 5.73 Å². The molecule has 0 saturated heterocycles. The zero-order valence-electron chi connectivity index (χ0n) is 19.9. The fourth-order valence-electron chi connectivity index (χ4n) is 5.38. The largest absolute Gasteiger partial charge is 0.368 e. The second-order valence-corrected chi connectivity index (χ2v) is 9.11. The lowest BCUT2D eigenvalue weighted by Gasteiger charge is -2.47. The van der Waals surface area contributed by atoms with Gasteiger partial charge in [-0.1, -0.05) is 48.5 Å². The number of nitrogens with zero attached hydrogens (tertiary/aromatic N) is 3. The standard InChI is InChI=1S/C27H33FN4O/c1-5-32-23-16-17-31(27(4,26(29)33)21-12-7-6-8-13-21)22(24(23)19(3)30-32)15-14-20-11-9-10-18(2)25(20)28/h6-13,22H,5,14-17H2,1-4H3,(H2,29,33). The first-order chi connectivity index (χ1) is 15.8. The van der Waals surface area contributed by atoms with E-state index in [2.05, 4.69) is 16.5 Å². The van der Waals surface area contributed by atoms with E-state index in [-0.39, 0.29) is 17.8 Å². The fraction of sp³-hybridized carbons (Fsp3) is 0.407. The summed E-state index contributed by atoms with van der Waals surface area (Å²) in [5.74, 6) is -0.536. The van der Waals surface area contributed by atoms with Gasteiger partial charge in [-0.15, -0.1) is 0 Å². The van der Waals surface area contributed by atoms with Crippen molar-refractivity contribution in [2.75, 3.05) is 6.54 Å². The maximum atomic E-state index is 14.8. The Morgan fingerprint density at radius 1 is 1.18 bits per heavy atom. The van der Waals surface area contributed by atoms with E-state index in [1.165, 1.54) is 5.69 Å². The quantitative estimate of drug-likeness (QED) is 0.575. The topological polar surface area (TPSA) is 64.2 Å². The number of rotatable bonds is 7. The van der Waals surface area contributed by atoms with Crippen LogP contribution in [0.15, 0.2) is 48.5 Å². The molecule has 33 heavy (non-hydrogen) atoms. The Kier molecular flexibility index (Phi) is 6.39. The van der Waals surface area contributed by atoms with Gasteiger partial charge in [0.1, 0.15) is 11.4 Å². The molecule has 2 atom stereocenters. The lowest BCUT2D eigenvalue weighted by Crippen LogP contribution is -2.56.